The monoisotopic (exact) mass is 277 g/mol. The summed E-state index contributed by atoms with van der Waals surface area (Å²) in [5.74, 6) is -0.402. The molecule has 1 rings (SSSR count). The molecule has 5 heteroatoms. The highest BCUT2D eigenvalue weighted by atomic mass is 16.2. The van der Waals surface area contributed by atoms with Gasteiger partial charge in [0.25, 0.3) is 0 Å². The van der Waals surface area contributed by atoms with Crippen LogP contribution in [0.2, 0.25) is 0 Å². The van der Waals surface area contributed by atoms with E-state index in [1.807, 2.05) is 37.3 Å². The highest BCUT2D eigenvalue weighted by Gasteiger charge is 2.14. The summed E-state index contributed by atoms with van der Waals surface area (Å²) in [6.07, 6.45) is 1.17. The first-order chi connectivity index (χ1) is 9.63. The molecule has 0 atom stereocenters. The van der Waals surface area contributed by atoms with Crippen LogP contribution in [0.15, 0.2) is 30.3 Å². The molecule has 0 radical (unpaired) electrons. The van der Waals surface area contributed by atoms with E-state index in [-0.39, 0.29) is 12.3 Å². The average molecular weight is 277 g/mol. The minimum absolute atomic E-state index is 0.0106. The van der Waals surface area contributed by atoms with E-state index in [0.717, 1.165) is 18.5 Å². The number of carbonyl (C=O) groups is 2. The topological polar surface area (TPSA) is 75.4 Å². The molecule has 0 bridgehead atoms. The van der Waals surface area contributed by atoms with Gasteiger partial charge in [0.15, 0.2) is 0 Å². The van der Waals surface area contributed by atoms with Gasteiger partial charge in [0.1, 0.15) is 0 Å². The zero-order chi connectivity index (χ0) is 14.8. The molecule has 20 heavy (non-hydrogen) atoms. The Labute approximate surface area is 120 Å². The highest BCUT2D eigenvalue weighted by molar-refractivity contribution is 5.79. The van der Waals surface area contributed by atoms with Crippen LogP contribution in [0, 0.1) is 0 Å². The lowest BCUT2D eigenvalue weighted by atomic mass is 10.2. The van der Waals surface area contributed by atoms with Crippen LogP contribution in [0.1, 0.15) is 25.3 Å². The first kappa shape index (κ1) is 16.2. The third-order valence-electron chi connectivity index (χ3n) is 2.90. The smallest absolute Gasteiger partial charge is 0.236 e. The van der Waals surface area contributed by atoms with Crippen LogP contribution in [0.5, 0.6) is 0 Å². The number of nitrogens with one attached hydrogen (secondary N) is 1. The molecule has 0 unspecified atom stereocenters. The maximum atomic E-state index is 12.1. The maximum absolute atomic E-state index is 12.1. The van der Waals surface area contributed by atoms with Crippen LogP contribution in [0.25, 0.3) is 0 Å². The molecule has 0 heterocycles. The van der Waals surface area contributed by atoms with Gasteiger partial charge in [0.05, 0.1) is 6.54 Å². The Balaban J connectivity index is 2.59. The largest absolute Gasteiger partial charge is 0.370 e. The molecule has 0 aliphatic carbocycles. The lowest BCUT2D eigenvalue weighted by Crippen LogP contribution is -2.39. The number of primary amides is 1. The lowest BCUT2D eigenvalue weighted by molar-refractivity contribution is -0.131. The molecule has 1 aromatic rings. The van der Waals surface area contributed by atoms with E-state index in [1.54, 1.807) is 4.90 Å². The van der Waals surface area contributed by atoms with E-state index in [0.29, 0.717) is 19.6 Å². The predicted octanol–water partition coefficient (Wildman–Crippen LogP) is 0.890. The third kappa shape index (κ3) is 6.33. The van der Waals surface area contributed by atoms with Crippen LogP contribution in [-0.4, -0.2) is 36.3 Å². The van der Waals surface area contributed by atoms with Crippen LogP contribution >= 0.6 is 0 Å². The summed E-state index contributed by atoms with van der Waals surface area (Å²) in [7, 11) is 0. The molecule has 1 aromatic carbocycles. The van der Waals surface area contributed by atoms with Gasteiger partial charge in [0.2, 0.25) is 11.8 Å². The van der Waals surface area contributed by atoms with Crippen LogP contribution in [0.3, 0.4) is 0 Å². The van der Waals surface area contributed by atoms with E-state index >= 15 is 0 Å². The first-order valence-corrected chi connectivity index (χ1v) is 6.94. The number of rotatable bonds is 9. The molecule has 2 amide bonds. The number of nitrogens with zero attached hydrogens (tertiary/aromatic N) is 1. The van der Waals surface area contributed by atoms with Crippen LogP contribution in [0.4, 0.5) is 0 Å². The minimum atomic E-state index is -0.391. The molecule has 0 saturated carbocycles. The molecule has 0 spiro atoms. The SMILES string of the molecule is CCCNCC(=O)N(CCC(N)=O)Cc1ccccc1. The third-order valence-corrected chi connectivity index (χ3v) is 2.90. The molecule has 3 N–H and O–H groups in total. The van der Waals surface area contributed by atoms with Crippen molar-refractivity contribution in [1.82, 2.24) is 10.2 Å². The average Bonchev–Trinajstić information content (AvgIpc) is 2.44. The van der Waals surface area contributed by atoms with Crippen molar-refractivity contribution < 1.29 is 9.59 Å². The van der Waals surface area contributed by atoms with Crippen molar-refractivity contribution in [2.24, 2.45) is 5.73 Å². The first-order valence-electron chi connectivity index (χ1n) is 6.94. The van der Waals surface area contributed by atoms with E-state index in [2.05, 4.69) is 5.32 Å². The van der Waals surface area contributed by atoms with Crippen molar-refractivity contribution >= 4 is 11.8 Å². The highest BCUT2D eigenvalue weighted by Crippen LogP contribution is 2.05. The molecule has 0 saturated heterocycles. The van der Waals surface area contributed by atoms with Gasteiger partial charge in [-0.05, 0) is 18.5 Å². The van der Waals surface area contributed by atoms with Crippen molar-refractivity contribution in [3.63, 3.8) is 0 Å². The van der Waals surface area contributed by atoms with Crippen molar-refractivity contribution in [2.45, 2.75) is 26.3 Å². The summed E-state index contributed by atoms with van der Waals surface area (Å²) < 4.78 is 0. The van der Waals surface area contributed by atoms with Crippen molar-refractivity contribution in [3.8, 4) is 0 Å². The van der Waals surface area contributed by atoms with Crippen LogP contribution < -0.4 is 11.1 Å². The number of nitrogens with two attached hydrogens (primary N) is 1. The molecular formula is C15H23N3O2. The standard InChI is InChI=1S/C15H23N3O2/c1-2-9-17-11-15(20)18(10-8-14(16)19)12-13-6-4-3-5-7-13/h3-7,17H,2,8-12H2,1H3,(H2,16,19). The predicted molar refractivity (Wildman–Crippen MR) is 78.8 cm³/mol. The van der Waals surface area contributed by atoms with Gasteiger partial charge in [-0.3, -0.25) is 9.59 Å². The number of carbonyl (C=O) groups excluding carboxylic acids is 2. The van der Waals surface area contributed by atoms with E-state index in [9.17, 15) is 9.59 Å². The number of amides is 2. The summed E-state index contributed by atoms with van der Waals surface area (Å²) in [5, 5.41) is 3.08. The second-order valence-corrected chi connectivity index (χ2v) is 4.69. The van der Waals surface area contributed by atoms with Crippen molar-refractivity contribution in [2.75, 3.05) is 19.6 Å². The molecule has 0 fully saturated rings. The number of hydrogen-bond donors (Lipinski definition) is 2. The molecule has 0 aliphatic rings. The normalized spacial score (nSPS) is 10.2. The Morgan fingerprint density at radius 1 is 1.25 bits per heavy atom. The minimum Gasteiger partial charge on any atom is -0.370 e. The second kappa shape index (κ2) is 9.09. The van der Waals surface area contributed by atoms with Gasteiger partial charge < -0.3 is 16.0 Å². The summed E-state index contributed by atoms with van der Waals surface area (Å²) in [5.41, 5.74) is 6.21. The summed E-state index contributed by atoms with van der Waals surface area (Å²) >= 11 is 0. The number of hydrogen-bond acceptors (Lipinski definition) is 3. The lowest BCUT2D eigenvalue weighted by Gasteiger charge is -2.22. The fraction of sp³-hybridized carbons (Fsp3) is 0.467. The molecule has 0 aliphatic heterocycles. The zero-order valence-electron chi connectivity index (χ0n) is 12.0. The van der Waals surface area contributed by atoms with Gasteiger partial charge in [-0.15, -0.1) is 0 Å². The van der Waals surface area contributed by atoms with Gasteiger partial charge >= 0.3 is 0 Å². The fourth-order valence-electron chi connectivity index (χ4n) is 1.82. The Morgan fingerprint density at radius 3 is 2.55 bits per heavy atom. The molecular weight excluding hydrogens is 254 g/mol. The van der Waals surface area contributed by atoms with Crippen molar-refractivity contribution in [1.29, 1.82) is 0 Å². The van der Waals surface area contributed by atoms with E-state index in [4.69, 9.17) is 5.73 Å². The zero-order valence-corrected chi connectivity index (χ0v) is 12.0. The Hall–Kier alpha value is -1.88. The van der Waals surface area contributed by atoms with Crippen molar-refractivity contribution in [3.05, 3.63) is 35.9 Å². The fourth-order valence-corrected chi connectivity index (χ4v) is 1.82. The molecule has 5 nitrogen and oxygen atoms in total. The van der Waals surface area contributed by atoms with Gasteiger partial charge in [0, 0.05) is 19.5 Å². The summed E-state index contributed by atoms with van der Waals surface area (Å²) in [6, 6.07) is 9.72. The molecule has 110 valence electrons. The number of benzene rings is 1. The Morgan fingerprint density at radius 2 is 1.95 bits per heavy atom. The Bertz CT molecular complexity index is 420. The van der Waals surface area contributed by atoms with E-state index in [1.165, 1.54) is 0 Å². The summed E-state index contributed by atoms with van der Waals surface area (Å²) in [4.78, 5) is 24.7. The molecule has 0 aromatic heterocycles. The van der Waals surface area contributed by atoms with Crippen LogP contribution in [-0.2, 0) is 16.1 Å². The van der Waals surface area contributed by atoms with E-state index < -0.39 is 5.91 Å². The second-order valence-electron chi connectivity index (χ2n) is 4.69. The van der Waals surface area contributed by atoms with Gasteiger partial charge in [-0.25, -0.2) is 0 Å². The quantitative estimate of drug-likeness (QED) is 0.658. The summed E-state index contributed by atoms with van der Waals surface area (Å²) in [6.45, 7) is 4.00. The van der Waals surface area contributed by atoms with Gasteiger partial charge in [-0.1, -0.05) is 37.3 Å². The Kier molecular flexibility index (Phi) is 7.35. The maximum Gasteiger partial charge on any atom is 0.236 e. The van der Waals surface area contributed by atoms with Gasteiger partial charge in [-0.2, -0.15) is 0 Å².